The van der Waals surface area contributed by atoms with Crippen LogP contribution in [0, 0.1) is 11.3 Å². The number of rotatable bonds is 7. The van der Waals surface area contributed by atoms with Crippen LogP contribution in [0.2, 0.25) is 0 Å². The van der Waals surface area contributed by atoms with Crippen molar-refractivity contribution < 1.29 is 34.2 Å². The van der Waals surface area contributed by atoms with Crippen LogP contribution >= 0.6 is 11.3 Å². The Morgan fingerprint density at radius 2 is 2.12 bits per heavy atom. The molecule has 5 N–H and O–H groups in total. The summed E-state index contributed by atoms with van der Waals surface area (Å²) in [6.45, 7) is 2.24. The number of hydrazine groups is 1. The van der Waals surface area contributed by atoms with Gasteiger partial charge in [0.05, 0.1) is 18.2 Å². The number of carboxylic acid groups (broad SMARTS) is 2. The van der Waals surface area contributed by atoms with Crippen molar-refractivity contribution in [2.45, 2.75) is 25.5 Å². The average Bonchev–Trinajstić information content (AvgIpc) is 3.37. The second-order valence-corrected chi connectivity index (χ2v) is 8.07. The fourth-order valence-corrected chi connectivity index (χ4v) is 3.42. The normalized spacial score (nSPS) is 19.0. The number of carbonyl (C=O) groups excluding carboxylic acids is 2. The molecule has 0 unspecified atom stereocenters. The first-order valence-electron chi connectivity index (χ1n) is 8.93. The monoisotopic (exact) mass is 463 g/mol. The van der Waals surface area contributed by atoms with Crippen LogP contribution < -0.4 is 11.1 Å². The summed E-state index contributed by atoms with van der Waals surface area (Å²) in [4.78, 5) is 57.3. The van der Waals surface area contributed by atoms with Crippen LogP contribution in [0.1, 0.15) is 19.5 Å². The molecule has 1 aromatic heterocycles. The molecule has 2 aliphatic heterocycles. The first-order valence-corrected chi connectivity index (χ1v) is 9.81. The lowest BCUT2D eigenvalue weighted by atomic mass is 10.1. The molecule has 14 nitrogen and oxygen atoms in total. The Morgan fingerprint density at radius 1 is 1.44 bits per heavy atom. The Morgan fingerprint density at radius 3 is 2.66 bits per heavy atom. The van der Waals surface area contributed by atoms with Gasteiger partial charge in [-0.15, -0.1) is 11.3 Å². The molecule has 1 fully saturated rings. The number of oxime groups is 1. The minimum absolute atomic E-state index is 0.00433. The highest BCUT2D eigenvalue weighted by Gasteiger charge is 2.48. The van der Waals surface area contributed by atoms with Gasteiger partial charge in [-0.05, 0) is 13.8 Å². The maximum absolute atomic E-state index is 12.9. The van der Waals surface area contributed by atoms with E-state index >= 15 is 0 Å². The SMILES string of the molecule is CC(C)(O/N=C(/C(=O)N[C@H]1CN2CC(C#N)=C(C(=O)O)N2C1=O)c1csc(N)n1)C(=O)O. The van der Waals surface area contributed by atoms with Crippen LogP contribution in [0.4, 0.5) is 5.13 Å². The Balaban J connectivity index is 1.84. The lowest BCUT2D eigenvalue weighted by Crippen LogP contribution is -2.46. The molecule has 1 atom stereocenters. The molecule has 0 radical (unpaired) electrons. The van der Waals surface area contributed by atoms with Gasteiger partial charge in [0.1, 0.15) is 11.7 Å². The number of nitrogens with one attached hydrogen (secondary N) is 1. The highest BCUT2D eigenvalue weighted by Crippen LogP contribution is 2.29. The van der Waals surface area contributed by atoms with E-state index in [4.69, 9.17) is 15.8 Å². The summed E-state index contributed by atoms with van der Waals surface area (Å²) in [5.41, 5.74) is 2.85. The number of amides is 2. The maximum Gasteiger partial charge on any atom is 0.355 e. The van der Waals surface area contributed by atoms with Gasteiger partial charge in [-0.3, -0.25) is 9.59 Å². The van der Waals surface area contributed by atoms with Crippen molar-refractivity contribution in [2.24, 2.45) is 5.16 Å². The highest BCUT2D eigenvalue weighted by molar-refractivity contribution is 7.13. The number of nitrogen functional groups attached to an aromatic ring is 1. The molecule has 1 saturated heterocycles. The predicted molar refractivity (Wildman–Crippen MR) is 106 cm³/mol. The molecule has 0 aromatic carbocycles. The molecule has 15 heteroatoms. The number of nitrogens with zero attached hydrogens (tertiary/aromatic N) is 5. The van der Waals surface area contributed by atoms with Gasteiger partial charge in [0.15, 0.2) is 16.5 Å². The summed E-state index contributed by atoms with van der Waals surface area (Å²) < 4.78 is 0. The number of hydrogen-bond donors (Lipinski definition) is 4. The number of nitriles is 1. The van der Waals surface area contributed by atoms with E-state index in [9.17, 15) is 29.4 Å². The summed E-state index contributed by atoms with van der Waals surface area (Å²) in [6, 6.07) is 0.594. The molecule has 2 amide bonds. The van der Waals surface area contributed by atoms with E-state index in [2.05, 4.69) is 15.5 Å². The molecule has 0 saturated carbocycles. The standard InChI is InChI=1S/C17H17N7O7S/c1-17(2,15(29)30)31-22-10(9-6-32-16(19)21-9)12(25)20-8-5-23-4-7(3-18)11(14(27)28)24(23)13(8)26/h6,8H,4-5H2,1-2H3,(H2,19,21)(H,20,25)(H,27,28)(H,29,30)/b22-10+/t8-/m0/s1. The number of fused-ring (bicyclic) bond motifs is 1. The second-order valence-electron chi connectivity index (χ2n) is 7.18. The van der Waals surface area contributed by atoms with E-state index in [0.717, 1.165) is 16.3 Å². The van der Waals surface area contributed by atoms with E-state index in [0.29, 0.717) is 0 Å². The minimum Gasteiger partial charge on any atom is -0.478 e. The van der Waals surface area contributed by atoms with Crippen molar-refractivity contribution >= 4 is 45.9 Å². The molecule has 2 aliphatic rings. The second kappa shape index (κ2) is 8.24. The van der Waals surface area contributed by atoms with Gasteiger partial charge in [-0.2, -0.15) is 5.26 Å². The molecule has 3 heterocycles. The molecule has 0 aliphatic carbocycles. The van der Waals surface area contributed by atoms with Gasteiger partial charge in [-0.25, -0.2) is 24.6 Å². The summed E-state index contributed by atoms with van der Waals surface area (Å²) in [5, 5.41) is 37.4. The van der Waals surface area contributed by atoms with E-state index in [1.807, 2.05) is 0 Å². The summed E-state index contributed by atoms with van der Waals surface area (Å²) in [6.07, 6.45) is 0. The molecule has 0 spiro atoms. The Hall–Kier alpha value is -4.03. The van der Waals surface area contributed by atoms with Crippen LogP contribution in [-0.2, 0) is 24.0 Å². The fourth-order valence-electron chi connectivity index (χ4n) is 2.87. The molecular weight excluding hydrogens is 446 g/mol. The number of nitrogens with two attached hydrogens (primary N) is 1. The zero-order valence-electron chi connectivity index (χ0n) is 16.7. The summed E-state index contributed by atoms with van der Waals surface area (Å²) in [5.74, 6) is -4.46. The number of carboxylic acids is 2. The van der Waals surface area contributed by atoms with Crippen molar-refractivity contribution in [2.75, 3.05) is 18.8 Å². The molecule has 32 heavy (non-hydrogen) atoms. The number of thiazole rings is 1. The Kier molecular flexibility index (Phi) is 5.84. The van der Waals surface area contributed by atoms with Crippen molar-refractivity contribution in [1.29, 1.82) is 5.26 Å². The highest BCUT2D eigenvalue weighted by atomic mass is 32.1. The summed E-state index contributed by atoms with van der Waals surface area (Å²) in [7, 11) is 0. The first kappa shape index (κ1) is 22.7. The minimum atomic E-state index is -1.76. The van der Waals surface area contributed by atoms with Gasteiger partial charge >= 0.3 is 11.9 Å². The van der Waals surface area contributed by atoms with Crippen molar-refractivity contribution in [3.63, 3.8) is 0 Å². The Bertz CT molecular complexity index is 1120. The topological polar surface area (TPSA) is 212 Å². The van der Waals surface area contributed by atoms with Crippen LogP contribution in [-0.4, -0.2) is 79.4 Å². The zero-order chi connectivity index (χ0) is 23.8. The van der Waals surface area contributed by atoms with Gasteiger partial charge in [-0.1, -0.05) is 5.16 Å². The van der Waals surface area contributed by atoms with Crippen molar-refractivity contribution in [3.05, 3.63) is 22.3 Å². The van der Waals surface area contributed by atoms with Gasteiger partial charge in [0.2, 0.25) is 5.60 Å². The smallest absolute Gasteiger partial charge is 0.355 e. The maximum atomic E-state index is 12.9. The molecule has 168 valence electrons. The lowest BCUT2D eigenvalue weighted by molar-refractivity contribution is -0.161. The van der Waals surface area contributed by atoms with E-state index < -0.39 is 46.8 Å². The van der Waals surface area contributed by atoms with Gasteiger partial charge < -0.3 is 26.1 Å². The number of aliphatic carboxylic acids is 2. The molecule has 1 aromatic rings. The quantitative estimate of drug-likeness (QED) is 0.276. The summed E-state index contributed by atoms with van der Waals surface area (Å²) >= 11 is 1.00. The predicted octanol–water partition coefficient (Wildman–Crippen LogP) is -1.27. The lowest BCUT2D eigenvalue weighted by Gasteiger charge is -2.19. The molecule has 3 rings (SSSR count). The van der Waals surface area contributed by atoms with Crippen LogP contribution in [0.15, 0.2) is 21.8 Å². The number of hydrogen-bond acceptors (Lipinski definition) is 11. The number of carbonyl (C=O) groups is 4. The van der Waals surface area contributed by atoms with E-state index in [1.165, 1.54) is 24.2 Å². The van der Waals surface area contributed by atoms with Crippen LogP contribution in [0.3, 0.4) is 0 Å². The largest absolute Gasteiger partial charge is 0.478 e. The van der Waals surface area contributed by atoms with Crippen LogP contribution in [0.5, 0.6) is 0 Å². The average molecular weight is 463 g/mol. The Labute approximate surface area is 184 Å². The van der Waals surface area contributed by atoms with Gasteiger partial charge in [0, 0.05) is 11.9 Å². The zero-order valence-corrected chi connectivity index (χ0v) is 17.5. The van der Waals surface area contributed by atoms with Gasteiger partial charge in [0.25, 0.3) is 11.8 Å². The first-order chi connectivity index (χ1) is 15.0. The van der Waals surface area contributed by atoms with Crippen molar-refractivity contribution in [1.82, 2.24) is 20.3 Å². The number of aromatic nitrogens is 1. The van der Waals surface area contributed by atoms with Crippen molar-refractivity contribution in [3.8, 4) is 6.07 Å². The van der Waals surface area contributed by atoms with E-state index in [-0.39, 0.29) is 29.5 Å². The molecular formula is C17H17N7O7S. The number of anilines is 1. The van der Waals surface area contributed by atoms with E-state index in [1.54, 1.807) is 6.07 Å². The third-order valence-electron chi connectivity index (χ3n) is 4.52. The molecule has 0 bridgehead atoms. The van der Waals surface area contributed by atoms with Crippen LogP contribution in [0.25, 0.3) is 0 Å². The third-order valence-corrected chi connectivity index (χ3v) is 5.20. The third kappa shape index (κ3) is 4.08. The fraction of sp³-hybridized carbons (Fsp3) is 0.353.